The summed E-state index contributed by atoms with van der Waals surface area (Å²) < 4.78 is 13.0. The van der Waals surface area contributed by atoms with Gasteiger partial charge in [-0.3, -0.25) is 10.0 Å². The lowest BCUT2D eigenvalue weighted by atomic mass is 10.1. The Balaban J connectivity index is 2.21. The zero-order chi connectivity index (χ0) is 18.2. The number of benzene rings is 1. The summed E-state index contributed by atoms with van der Waals surface area (Å²) in [6.07, 6.45) is 2.75. The van der Waals surface area contributed by atoms with Gasteiger partial charge in [-0.05, 0) is 29.8 Å². The fraction of sp³-hybridized carbons (Fsp3) is 0.235. The molecule has 0 spiro atoms. The fourth-order valence-corrected chi connectivity index (χ4v) is 2.20. The van der Waals surface area contributed by atoms with Crippen LogP contribution in [0.3, 0.4) is 0 Å². The molecular formula is C17H21FN6O. The van der Waals surface area contributed by atoms with Gasteiger partial charge in [-0.15, -0.1) is 0 Å². The number of hydrazine groups is 1. The second-order valence-corrected chi connectivity index (χ2v) is 5.37. The minimum absolute atomic E-state index is 0.0596. The number of anilines is 2. The second-order valence-electron chi connectivity index (χ2n) is 5.37. The van der Waals surface area contributed by atoms with Crippen LogP contribution in [0.5, 0.6) is 0 Å². The van der Waals surface area contributed by atoms with Gasteiger partial charge in [0.05, 0.1) is 37.0 Å². The molecule has 1 atom stereocenters. The first-order valence-corrected chi connectivity index (χ1v) is 7.69. The van der Waals surface area contributed by atoms with E-state index in [2.05, 4.69) is 9.98 Å². The van der Waals surface area contributed by atoms with Crippen molar-refractivity contribution in [2.75, 3.05) is 23.9 Å². The first-order valence-electron chi connectivity index (χ1n) is 7.69. The first kappa shape index (κ1) is 18.5. The number of hydrogen-bond donors (Lipinski definition) is 4. The second kappa shape index (κ2) is 8.86. The molecule has 0 radical (unpaired) electrons. The number of nitrogens with zero attached hydrogens (tertiary/aromatic N) is 3. The number of aliphatic imine (C=N–C) groups is 1. The topological polar surface area (TPSA) is 125 Å². The third kappa shape index (κ3) is 5.07. The van der Waals surface area contributed by atoms with Crippen molar-refractivity contribution in [2.24, 2.45) is 10.8 Å². The summed E-state index contributed by atoms with van der Waals surface area (Å²) in [5.41, 5.74) is 7.73. The Hall–Kier alpha value is -2.84. The van der Waals surface area contributed by atoms with Crippen LogP contribution in [0.15, 0.2) is 41.4 Å². The lowest BCUT2D eigenvalue weighted by molar-refractivity contribution is 0.307. The molecule has 25 heavy (non-hydrogen) atoms. The third-order valence-corrected chi connectivity index (χ3v) is 3.48. The highest BCUT2D eigenvalue weighted by molar-refractivity contribution is 5.88. The molecule has 1 aromatic heterocycles. The van der Waals surface area contributed by atoms with Crippen molar-refractivity contribution in [2.45, 2.75) is 12.5 Å². The zero-order valence-electron chi connectivity index (χ0n) is 13.6. The predicted molar refractivity (Wildman–Crippen MR) is 97.4 cm³/mol. The molecule has 0 aliphatic rings. The highest BCUT2D eigenvalue weighted by Crippen LogP contribution is 2.23. The monoisotopic (exact) mass is 344 g/mol. The first-order chi connectivity index (χ1) is 12.0. The van der Waals surface area contributed by atoms with Gasteiger partial charge in [0.2, 0.25) is 0 Å². The summed E-state index contributed by atoms with van der Waals surface area (Å²) in [4.78, 5) is 8.47. The molecule has 2 rings (SSSR count). The molecule has 132 valence electrons. The fourth-order valence-electron chi connectivity index (χ4n) is 2.20. The molecule has 1 heterocycles. The van der Waals surface area contributed by atoms with Crippen molar-refractivity contribution < 1.29 is 9.50 Å². The lowest BCUT2D eigenvalue weighted by Gasteiger charge is -2.21. The molecule has 0 bridgehead atoms. The van der Waals surface area contributed by atoms with Gasteiger partial charge in [-0.1, -0.05) is 12.1 Å². The molecule has 7 nitrogen and oxygen atoms in total. The van der Waals surface area contributed by atoms with Gasteiger partial charge >= 0.3 is 0 Å². The van der Waals surface area contributed by atoms with E-state index in [0.717, 1.165) is 5.56 Å². The average molecular weight is 344 g/mol. The van der Waals surface area contributed by atoms with Crippen molar-refractivity contribution in [1.82, 2.24) is 4.98 Å². The van der Waals surface area contributed by atoms with Crippen LogP contribution in [0.4, 0.5) is 15.9 Å². The molecule has 2 aromatic rings. The Kier molecular flexibility index (Phi) is 6.55. The van der Waals surface area contributed by atoms with E-state index in [9.17, 15) is 4.39 Å². The van der Waals surface area contributed by atoms with E-state index in [1.807, 2.05) is 0 Å². The van der Waals surface area contributed by atoms with E-state index in [1.54, 1.807) is 30.5 Å². The van der Waals surface area contributed by atoms with Crippen LogP contribution in [0.25, 0.3) is 0 Å². The Morgan fingerprint density at radius 1 is 1.28 bits per heavy atom. The van der Waals surface area contributed by atoms with Crippen LogP contribution in [-0.2, 0) is 6.54 Å². The number of aliphatic hydroxyl groups excluding tert-OH is 1. The summed E-state index contributed by atoms with van der Waals surface area (Å²) in [7, 11) is 0. The number of nitrogen functional groups attached to an aromatic ring is 1. The molecule has 0 aliphatic heterocycles. The van der Waals surface area contributed by atoms with Gasteiger partial charge in [0.25, 0.3) is 0 Å². The van der Waals surface area contributed by atoms with E-state index in [4.69, 9.17) is 22.1 Å². The van der Waals surface area contributed by atoms with Gasteiger partial charge in [-0.2, -0.15) is 0 Å². The minimum atomic E-state index is -0.440. The molecule has 0 fully saturated rings. The van der Waals surface area contributed by atoms with Crippen LogP contribution in [0, 0.1) is 11.2 Å². The van der Waals surface area contributed by atoms with Crippen LogP contribution in [0.2, 0.25) is 0 Å². The number of halogens is 1. The van der Waals surface area contributed by atoms with Gasteiger partial charge in [-0.25, -0.2) is 15.2 Å². The molecular weight excluding hydrogens is 323 g/mol. The summed E-state index contributed by atoms with van der Waals surface area (Å²) in [6.45, 7) is 0.504. The van der Waals surface area contributed by atoms with Gasteiger partial charge < -0.3 is 16.2 Å². The molecule has 1 unspecified atom stereocenters. The quantitative estimate of drug-likeness (QED) is 0.328. The Morgan fingerprint density at radius 3 is 2.64 bits per heavy atom. The summed E-state index contributed by atoms with van der Waals surface area (Å²) in [5.74, 6) is 5.68. The molecule has 0 amide bonds. The largest absolute Gasteiger partial charge is 0.396 e. The maximum Gasteiger partial charge on any atom is 0.166 e. The smallest absolute Gasteiger partial charge is 0.166 e. The SMILES string of the molecule is N=CC(C=NCCO)c1ccc(N)c(N(N)Cc2ccc(F)cc2)n1. The lowest BCUT2D eigenvalue weighted by Crippen LogP contribution is -2.32. The van der Waals surface area contributed by atoms with E-state index in [-0.39, 0.29) is 19.0 Å². The molecule has 1 aromatic carbocycles. The number of hydrogen-bond acceptors (Lipinski definition) is 7. The number of rotatable bonds is 8. The van der Waals surface area contributed by atoms with Crippen molar-refractivity contribution in [3.8, 4) is 0 Å². The maximum atomic E-state index is 13.0. The van der Waals surface area contributed by atoms with Crippen molar-refractivity contribution >= 4 is 23.9 Å². The Morgan fingerprint density at radius 2 is 2.00 bits per heavy atom. The van der Waals surface area contributed by atoms with Crippen molar-refractivity contribution in [1.29, 1.82) is 5.41 Å². The van der Waals surface area contributed by atoms with Crippen LogP contribution in [-0.4, -0.2) is 35.7 Å². The molecule has 8 heteroatoms. The normalized spacial score (nSPS) is 12.3. The van der Waals surface area contributed by atoms with Gasteiger partial charge in [0, 0.05) is 12.4 Å². The number of nitrogens with two attached hydrogens (primary N) is 2. The highest BCUT2D eigenvalue weighted by Gasteiger charge is 2.14. The molecule has 0 aliphatic carbocycles. The third-order valence-electron chi connectivity index (χ3n) is 3.48. The van der Waals surface area contributed by atoms with E-state index >= 15 is 0 Å². The molecule has 0 saturated carbocycles. The summed E-state index contributed by atoms with van der Waals surface area (Å²) >= 11 is 0. The summed E-state index contributed by atoms with van der Waals surface area (Å²) in [5, 5.41) is 17.7. The molecule has 6 N–H and O–H groups in total. The number of nitrogens with one attached hydrogen (secondary N) is 1. The Labute approximate surface area is 145 Å². The van der Waals surface area contributed by atoms with Crippen LogP contribution >= 0.6 is 0 Å². The highest BCUT2D eigenvalue weighted by atomic mass is 19.1. The Bertz CT molecular complexity index is 734. The van der Waals surface area contributed by atoms with Gasteiger partial charge in [0.15, 0.2) is 5.82 Å². The maximum absolute atomic E-state index is 13.0. The number of aromatic nitrogens is 1. The van der Waals surface area contributed by atoms with Crippen LogP contribution in [0.1, 0.15) is 17.2 Å². The zero-order valence-corrected chi connectivity index (χ0v) is 13.6. The minimum Gasteiger partial charge on any atom is -0.396 e. The number of pyridine rings is 1. The van der Waals surface area contributed by atoms with Crippen molar-refractivity contribution in [3.63, 3.8) is 0 Å². The molecule has 0 saturated heterocycles. The predicted octanol–water partition coefficient (Wildman–Crippen LogP) is 1.48. The van der Waals surface area contributed by atoms with E-state index in [1.165, 1.54) is 23.4 Å². The van der Waals surface area contributed by atoms with Crippen LogP contribution < -0.4 is 16.6 Å². The standard InChI is InChI=1S/C17H21FN6O/c18-14-3-1-12(2-4-14)11-24(21)17-15(20)5-6-16(23-17)13(9-19)10-22-7-8-25/h1-6,9-10,13,19,25H,7-8,11,20-21H2. The van der Waals surface area contributed by atoms with Gasteiger partial charge in [0.1, 0.15) is 5.82 Å². The summed E-state index contributed by atoms with van der Waals surface area (Å²) in [6, 6.07) is 9.36. The average Bonchev–Trinajstić information content (AvgIpc) is 2.61. The van der Waals surface area contributed by atoms with E-state index < -0.39 is 5.92 Å². The van der Waals surface area contributed by atoms with E-state index in [0.29, 0.717) is 23.7 Å². The van der Waals surface area contributed by atoms with Crippen molar-refractivity contribution in [3.05, 3.63) is 53.5 Å². The number of aliphatic hydroxyl groups is 1.